The van der Waals surface area contributed by atoms with E-state index >= 15 is 0 Å². The molecule has 0 bridgehead atoms. The van der Waals surface area contributed by atoms with Crippen LogP contribution in [0.4, 0.5) is 0 Å². The predicted octanol–water partition coefficient (Wildman–Crippen LogP) is 11.0. The molecule has 0 fully saturated rings. The minimum atomic E-state index is -0.890. The summed E-state index contributed by atoms with van der Waals surface area (Å²) in [6.45, 7) is 4.40. The first-order valence-electron chi connectivity index (χ1n) is 20.6. The number of carbonyl (C=O) groups excluding carboxylic acids is 2. The molecule has 2 atom stereocenters. The molecule has 54 heavy (non-hydrogen) atoms. The first kappa shape index (κ1) is 50.5. The fraction of sp³-hybridized carbons (Fsp3) is 0.630. The minimum absolute atomic E-state index is 0.0297. The third-order valence-corrected chi connectivity index (χ3v) is 8.55. The lowest BCUT2D eigenvalue weighted by atomic mass is 10.1. The molecule has 0 radical (unpaired) electrons. The molecule has 2 unspecified atom stereocenters. The van der Waals surface area contributed by atoms with Crippen LogP contribution in [0.1, 0.15) is 136 Å². The summed E-state index contributed by atoms with van der Waals surface area (Å²) < 4.78 is 17.1. The van der Waals surface area contributed by atoms with Crippen LogP contribution < -0.4 is 0 Å². The standard InChI is InChI=1S/C46H75NO7/c1-6-8-10-12-14-16-18-20-22-23-25-26-28-30-32-34-36-44(48)53-41-42(40-52-39-38-43(46(50)51)47(3,4)5)54-45(49)37-35-33-31-29-27-24-21-19-17-15-13-11-9-7-2/h8-11,14-17,20,22,25-26,30,32,42-43H,6-7,12-13,18-19,21,23-24,27-29,31,33-41H2,1-5H3/p+1/b10-8+,11-9+,16-14+,17-15+,22-20+,26-25+,32-30+. The van der Waals surface area contributed by atoms with E-state index in [2.05, 4.69) is 86.8 Å². The Hall–Kier alpha value is -3.49. The Morgan fingerprint density at radius 3 is 1.52 bits per heavy atom. The number of nitrogens with zero attached hydrogens (tertiary/aromatic N) is 1. The Morgan fingerprint density at radius 1 is 0.556 bits per heavy atom. The van der Waals surface area contributed by atoms with Crippen LogP contribution in [0.15, 0.2) is 85.1 Å². The van der Waals surface area contributed by atoms with Gasteiger partial charge in [-0.3, -0.25) is 9.59 Å². The van der Waals surface area contributed by atoms with Crippen molar-refractivity contribution >= 4 is 17.9 Å². The Morgan fingerprint density at radius 2 is 1.02 bits per heavy atom. The van der Waals surface area contributed by atoms with Crippen LogP contribution in [-0.4, -0.2) is 80.6 Å². The lowest BCUT2D eigenvalue weighted by molar-refractivity contribution is -0.887. The molecule has 0 aliphatic rings. The van der Waals surface area contributed by atoms with Crippen molar-refractivity contribution in [2.75, 3.05) is 41.0 Å². The highest BCUT2D eigenvalue weighted by Gasteiger charge is 2.31. The summed E-state index contributed by atoms with van der Waals surface area (Å²) in [6.07, 6.45) is 46.4. The molecule has 0 aromatic rings. The third-order valence-electron chi connectivity index (χ3n) is 8.55. The van der Waals surface area contributed by atoms with Gasteiger partial charge >= 0.3 is 17.9 Å². The maximum Gasteiger partial charge on any atom is 0.362 e. The van der Waals surface area contributed by atoms with Crippen molar-refractivity contribution in [3.63, 3.8) is 0 Å². The molecule has 306 valence electrons. The highest BCUT2D eigenvalue weighted by atomic mass is 16.6. The van der Waals surface area contributed by atoms with E-state index in [4.69, 9.17) is 14.2 Å². The number of likely N-dealkylation sites (N-methyl/N-ethyl adjacent to an activating group) is 1. The van der Waals surface area contributed by atoms with Crippen molar-refractivity contribution in [3.8, 4) is 0 Å². The number of rotatable bonds is 35. The van der Waals surface area contributed by atoms with Gasteiger partial charge in [-0.05, 0) is 70.6 Å². The second-order valence-electron chi connectivity index (χ2n) is 14.5. The third kappa shape index (κ3) is 34.3. The lowest BCUT2D eigenvalue weighted by Crippen LogP contribution is -2.50. The second-order valence-corrected chi connectivity index (χ2v) is 14.5. The van der Waals surface area contributed by atoms with Crippen LogP contribution in [0.2, 0.25) is 0 Å². The normalized spacial score (nSPS) is 13.9. The number of quaternary nitrogens is 1. The van der Waals surface area contributed by atoms with Crippen LogP contribution in [-0.2, 0) is 28.6 Å². The zero-order valence-electron chi connectivity index (χ0n) is 34.6. The molecule has 0 heterocycles. The van der Waals surface area contributed by atoms with Gasteiger partial charge in [-0.15, -0.1) is 0 Å². The van der Waals surface area contributed by atoms with E-state index in [1.165, 1.54) is 19.3 Å². The van der Waals surface area contributed by atoms with Crippen molar-refractivity contribution in [2.45, 2.75) is 148 Å². The monoisotopic (exact) mass is 755 g/mol. The number of hydrogen-bond donors (Lipinski definition) is 1. The van der Waals surface area contributed by atoms with Crippen molar-refractivity contribution in [2.24, 2.45) is 0 Å². The zero-order chi connectivity index (χ0) is 40.0. The molecule has 0 aliphatic carbocycles. The summed E-state index contributed by atoms with van der Waals surface area (Å²) >= 11 is 0. The fourth-order valence-corrected chi connectivity index (χ4v) is 5.41. The maximum atomic E-state index is 12.7. The van der Waals surface area contributed by atoms with Crippen molar-refractivity contribution in [3.05, 3.63) is 85.1 Å². The molecule has 0 spiro atoms. The van der Waals surface area contributed by atoms with Crippen LogP contribution in [0.25, 0.3) is 0 Å². The smallest absolute Gasteiger partial charge is 0.362 e. The number of ether oxygens (including phenoxy) is 3. The van der Waals surface area contributed by atoms with Gasteiger partial charge in [-0.25, -0.2) is 4.79 Å². The number of allylic oxidation sites excluding steroid dienone is 14. The number of hydrogen-bond acceptors (Lipinski definition) is 6. The van der Waals surface area contributed by atoms with E-state index in [0.717, 1.165) is 77.0 Å². The molecular weight excluding hydrogens is 679 g/mol. The largest absolute Gasteiger partial charge is 0.477 e. The van der Waals surface area contributed by atoms with Crippen LogP contribution in [0, 0.1) is 0 Å². The number of carboxylic acids is 1. The minimum Gasteiger partial charge on any atom is -0.477 e. The zero-order valence-corrected chi connectivity index (χ0v) is 34.6. The molecule has 0 saturated carbocycles. The molecule has 1 N–H and O–H groups in total. The first-order chi connectivity index (χ1) is 26.1. The van der Waals surface area contributed by atoms with Gasteiger partial charge in [0.05, 0.1) is 34.4 Å². The highest BCUT2D eigenvalue weighted by molar-refractivity contribution is 5.72. The highest BCUT2D eigenvalue weighted by Crippen LogP contribution is 2.12. The van der Waals surface area contributed by atoms with Gasteiger partial charge in [0.15, 0.2) is 12.1 Å². The van der Waals surface area contributed by atoms with Gasteiger partial charge in [0.2, 0.25) is 0 Å². The van der Waals surface area contributed by atoms with Gasteiger partial charge in [-0.2, -0.15) is 0 Å². The second kappa shape index (κ2) is 36.5. The Kier molecular flexibility index (Phi) is 34.1. The van der Waals surface area contributed by atoms with Gasteiger partial charge in [0.1, 0.15) is 6.61 Å². The summed E-state index contributed by atoms with van der Waals surface area (Å²) in [7, 11) is 5.49. The predicted molar refractivity (Wildman–Crippen MR) is 224 cm³/mol. The Bertz CT molecular complexity index is 1160. The number of carboxylic acid groups (broad SMARTS) is 1. The lowest BCUT2D eigenvalue weighted by Gasteiger charge is -2.31. The molecule has 0 aromatic carbocycles. The van der Waals surface area contributed by atoms with Gasteiger partial charge in [0.25, 0.3) is 0 Å². The average molecular weight is 755 g/mol. The molecule has 0 rings (SSSR count). The fourth-order valence-electron chi connectivity index (χ4n) is 5.41. The van der Waals surface area contributed by atoms with Crippen molar-refractivity contribution in [1.82, 2.24) is 0 Å². The molecule has 0 aromatic heterocycles. The number of carbonyl (C=O) groups is 3. The van der Waals surface area contributed by atoms with Crippen molar-refractivity contribution in [1.29, 1.82) is 0 Å². The van der Waals surface area contributed by atoms with E-state index in [9.17, 15) is 19.5 Å². The number of aliphatic carboxylic acids is 1. The molecule has 0 amide bonds. The summed E-state index contributed by atoms with van der Waals surface area (Å²) in [5, 5.41) is 9.60. The summed E-state index contributed by atoms with van der Waals surface area (Å²) in [5.74, 6) is -1.60. The molecule has 0 aliphatic heterocycles. The summed E-state index contributed by atoms with van der Waals surface area (Å²) in [5.41, 5.74) is 0. The number of esters is 2. The first-order valence-corrected chi connectivity index (χ1v) is 20.6. The number of unbranched alkanes of at least 4 members (excludes halogenated alkanes) is 7. The molecule has 8 heteroatoms. The van der Waals surface area contributed by atoms with Gasteiger partial charge in [-0.1, -0.05) is 131 Å². The maximum absolute atomic E-state index is 12.7. The van der Waals surface area contributed by atoms with E-state index in [0.29, 0.717) is 19.3 Å². The van der Waals surface area contributed by atoms with Gasteiger partial charge in [0, 0.05) is 19.3 Å². The van der Waals surface area contributed by atoms with E-state index in [1.54, 1.807) is 0 Å². The quantitative estimate of drug-likeness (QED) is 0.0298. The van der Waals surface area contributed by atoms with Crippen LogP contribution in [0.5, 0.6) is 0 Å². The topological polar surface area (TPSA) is 99.1 Å². The van der Waals surface area contributed by atoms with E-state index in [-0.39, 0.29) is 42.7 Å². The summed E-state index contributed by atoms with van der Waals surface area (Å²) in [6, 6.07) is -0.630. The molecule has 8 nitrogen and oxygen atoms in total. The summed E-state index contributed by atoms with van der Waals surface area (Å²) in [4.78, 5) is 36.9. The Labute approximate surface area is 329 Å². The van der Waals surface area contributed by atoms with E-state index < -0.39 is 18.1 Å². The van der Waals surface area contributed by atoms with Gasteiger partial charge < -0.3 is 23.8 Å². The SMILES string of the molecule is CC/C=C/C/C=C/C/C=C/C/C=C/C/C=C/CCC(=O)OCC(COCCC(C(=O)O)[N+](C)(C)C)OC(=O)CCCCCCCCC/C=C/C/C=C/CC. The molecule has 0 saturated heterocycles. The Balaban J connectivity index is 4.52. The molecular formula is C46H76NO7+. The van der Waals surface area contributed by atoms with Crippen LogP contribution in [0.3, 0.4) is 0 Å². The van der Waals surface area contributed by atoms with Crippen LogP contribution >= 0.6 is 0 Å². The van der Waals surface area contributed by atoms with E-state index in [1.807, 2.05) is 33.3 Å². The van der Waals surface area contributed by atoms with Crippen molar-refractivity contribution < 1.29 is 38.2 Å². The average Bonchev–Trinajstić information content (AvgIpc) is 3.12.